The fraction of sp³-hybridized carbons (Fsp3) is 0.508. The van der Waals surface area contributed by atoms with E-state index in [1.807, 2.05) is 0 Å². The highest BCUT2D eigenvalue weighted by Crippen LogP contribution is 2.43. The Morgan fingerprint density at radius 1 is 0.400 bits per heavy atom. The van der Waals surface area contributed by atoms with Gasteiger partial charge in [0.15, 0.2) is 6.10 Å². The number of rotatable bonds is 50. The molecule has 0 rings (SSSR count). The SMILES string of the molecule is CC/C=C\C/C=C\C/C=C\C/C=C\C/C=C\C/C=C\C/C=C\C/C=C\C/C=C\C/C=C\CCCCC(=O)OC(COC(=O)CCCCCCC/C=C\C/C=C\C/C=C\C/C=C\C/C=C\CC)COP(=O)(O)OCCN. The lowest BCUT2D eigenvalue weighted by Gasteiger charge is -2.19. The van der Waals surface area contributed by atoms with Crippen LogP contribution in [0.15, 0.2) is 182 Å². The number of hydrogen-bond donors (Lipinski definition) is 2. The molecular weight excluding hydrogens is 954 g/mol. The first-order chi connectivity index (χ1) is 36.8. The fourth-order valence-electron chi connectivity index (χ4n) is 6.69. The van der Waals surface area contributed by atoms with Crippen molar-refractivity contribution in [3.05, 3.63) is 182 Å². The number of ether oxygens (including phenoxy) is 2. The summed E-state index contributed by atoms with van der Waals surface area (Å²) < 4.78 is 32.9. The molecular formula is C65H100NO8P. The Kier molecular flexibility index (Phi) is 54.6. The van der Waals surface area contributed by atoms with Crippen LogP contribution in [-0.4, -0.2) is 49.3 Å². The van der Waals surface area contributed by atoms with Gasteiger partial charge in [0.25, 0.3) is 0 Å². The normalized spacial score (nSPS) is 14.5. The molecule has 0 aromatic rings. The van der Waals surface area contributed by atoms with Gasteiger partial charge in [-0.2, -0.15) is 0 Å². The predicted molar refractivity (Wildman–Crippen MR) is 320 cm³/mol. The standard InChI is InChI=1S/C65H100NO8P/c1-3-5-7-9-11-13-15-17-19-21-23-25-26-27-28-29-30-31-32-33-34-35-36-38-40-42-44-46-48-50-52-54-56-58-65(68)74-63(62-73-75(69,70)72-60-59-66)61-71-64(67)57-55-53-51-49-47-45-43-41-39-37-24-22-20-18-16-14-12-10-8-6-4-2/h5-8,11-14,17-20,23-25,27-28,30-31,33-34,36-38,41-44,48,50,63H,3-4,9-10,15-16,21-22,26,29,32,35,39-40,45-47,49,51-62,66H2,1-2H3,(H,69,70)/b7-5-,8-6-,13-11-,14-12-,19-17-,20-18-,25-23-,28-27-,31-30-,34-33-,37-24-,38-36-,43-41-,44-42-,50-48-. The Hall–Kier alpha value is -4.89. The average Bonchev–Trinajstić information content (AvgIpc) is 3.40. The first kappa shape index (κ1) is 70.1. The van der Waals surface area contributed by atoms with Crippen LogP contribution < -0.4 is 5.73 Å². The Labute approximate surface area is 456 Å². The van der Waals surface area contributed by atoms with Crippen LogP contribution in [0.3, 0.4) is 0 Å². The monoisotopic (exact) mass is 1050 g/mol. The quantitative estimate of drug-likeness (QED) is 0.0264. The number of allylic oxidation sites excluding steroid dienone is 30. The highest BCUT2D eigenvalue weighted by Gasteiger charge is 2.26. The molecule has 0 aliphatic heterocycles. The maximum absolute atomic E-state index is 12.7. The molecule has 0 aromatic heterocycles. The summed E-state index contributed by atoms with van der Waals surface area (Å²) in [4.78, 5) is 35.1. The second-order valence-electron chi connectivity index (χ2n) is 17.7. The molecule has 0 amide bonds. The predicted octanol–water partition coefficient (Wildman–Crippen LogP) is 18.1. The molecule has 0 heterocycles. The van der Waals surface area contributed by atoms with E-state index in [4.69, 9.17) is 24.3 Å². The summed E-state index contributed by atoms with van der Waals surface area (Å²) in [5, 5.41) is 0. The van der Waals surface area contributed by atoms with Crippen molar-refractivity contribution < 1.29 is 37.6 Å². The average molecular weight is 1050 g/mol. The first-order valence-corrected chi connectivity index (χ1v) is 29.8. The summed E-state index contributed by atoms with van der Waals surface area (Å²) in [7, 11) is -4.42. The first-order valence-electron chi connectivity index (χ1n) is 28.3. The van der Waals surface area contributed by atoms with Crippen LogP contribution in [0.2, 0.25) is 0 Å². The van der Waals surface area contributed by atoms with Crippen molar-refractivity contribution >= 4 is 19.8 Å². The number of esters is 2. The van der Waals surface area contributed by atoms with E-state index in [2.05, 4.69) is 196 Å². The summed E-state index contributed by atoms with van der Waals surface area (Å²) in [6, 6.07) is 0. The summed E-state index contributed by atoms with van der Waals surface area (Å²) >= 11 is 0. The van der Waals surface area contributed by atoms with Crippen LogP contribution in [0.4, 0.5) is 0 Å². The van der Waals surface area contributed by atoms with Crippen LogP contribution in [0.25, 0.3) is 0 Å². The molecule has 0 saturated heterocycles. The van der Waals surface area contributed by atoms with Gasteiger partial charge in [0.05, 0.1) is 13.2 Å². The fourth-order valence-corrected chi connectivity index (χ4v) is 7.45. The lowest BCUT2D eigenvalue weighted by molar-refractivity contribution is -0.161. The third kappa shape index (κ3) is 58.2. The minimum Gasteiger partial charge on any atom is -0.462 e. The van der Waals surface area contributed by atoms with Crippen LogP contribution in [0.5, 0.6) is 0 Å². The Morgan fingerprint density at radius 2 is 0.693 bits per heavy atom. The van der Waals surface area contributed by atoms with Crippen LogP contribution in [0.1, 0.15) is 181 Å². The van der Waals surface area contributed by atoms with Crippen molar-refractivity contribution in [2.24, 2.45) is 5.73 Å². The third-order valence-corrected chi connectivity index (χ3v) is 11.8. The number of hydrogen-bond acceptors (Lipinski definition) is 8. The lowest BCUT2D eigenvalue weighted by Crippen LogP contribution is -2.29. The van der Waals surface area contributed by atoms with E-state index >= 15 is 0 Å². The van der Waals surface area contributed by atoms with Gasteiger partial charge in [0.2, 0.25) is 0 Å². The Morgan fingerprint density at radius 3 is 1.05 bits per heavy atom. The zero-order valence-electron chi connectivity index (χ0n) is 46.4. The molecule has 0 spiro atoms. The maximum atomic E-state index is 12.7. The maximum Gasteiger partial charge on any atom is 0.472 e. The Balaban J connectivity index is 4.20. The lowest BCUT2D eigenvalue weighted by atomic mass is 10.1. The van der Waals surface area contributed by atoms with Gasteiger partial charge in [-0.05, 0) is 135 Å². The summed E-state index contributed by atoms with van der Waals surface area (Å²) in [6.45, 7) is 3.40. The Bertz CT molecular complexity index is 1870. The molecule has 2 atom stereocenters. The third-order valence-electron chi connectivity index (χ3n) is 10.8. The zero-order valence-corrected chi connectivity index (χ0v) is 47.3. The van der Waals surface area contributed by atoms with Crippen LogP contribution >= 0.6 is 7.82 Å². The molecule has 0 saturated carbocycles. The topological polar surface area (TPSA) is 134 Å². The zero-order chi connectivity index (χ0) is 54.5. The molecule has 0 bridgehead atoms. The molecule has 75 heavy (non-hydrogen) atoms. The van der Waals surface area contributed by atoms with E-state index in [1.165, 1.54) is 0 Å². The molecule has 418 valence electrons. The highest BCUT2D eigenvalue weighted by atomic mass is 31.2. The number of carbonyl (C=O) groups is 2. The minimum absolute atomic E-state index is 0.0318. The largest absolute Gasteiger partial charge is 0.472 e. The van der Waals surface area contributed by atoms with Gasteiger partial charge < -0.3 is 20.1 Å². The summed E-state index contributed by atoms with van der Waals surface area (Å²) in [6.07, 6.45) is 88.0. The van der Waals surface area contributed by atoms with E-state index in [1.54, 1.807) is 0 Å². The van der Waals surface area contributed by atoms with Gasteiger partial charge in [-0.25, -0.2) is 4.57 Å². The van der Waals surface area contributed by atoms with Gasteiger partial charge in [0.1, 0.15) is 6.61 Å². The highest BCUT2D eigenvalue weighted by molar-refractivity contribution is 7.47. The van der Waals surface area contributed by atoms with Gasteiger partial charge in [-0.1, -0.05) is 215 Å². The number of nitrogens with two attached hydrogens (primary N) is 1. The van der Waals surface area contributed by atoms with E-state index < -0.39 is 32.5 Å². The van der Waals surface area contributed by atoms with E-state index in [-0.39, 0.29) is 32.6 Å². The van der Waals surface area contributed by atoms with Crippen molar-refractivity contribution in [3.8, 4) is 0 Å². The second kappa shape index (κ2) is 58.4. The van der Waals surface area contributed by atoms with Gasteiger partial charge >= 0.3 is 19.8 Å². The van der Waals surface area contributed by atoms with E-state index in [9.17, 15) is 19.0 Å². The molecule has 9 nitrogen and oxygen atoms in total. The molecule has 3 N–H and O–H groups in total. The number of unbranched alkanes of at least 4 members (excludes halogenated alkanes) is 7. The van der Waals surface area contributed by atoms with Gasteiger partial charge in [-0.3, -0.25) is 18.6 Å². The van der Waals surface area contributed by atoms with Crippen LogP contribution in [0, 0.1) is 0 Å². The molecule has 0 aliphatic carbocycles. The van der Waals surface area contributed by atoms with Crippen molar-refractivity contribution in [2.75, 3.05) is 26.4 Å². The molecule has 2 unspecified atom stereocenters. The van der Waals surface area contributed by atoms with Gasteiger partial charge in [0, 0.05) is 19.4 Å². The van der Waals surface area contributed by atoms with Crippen molar-refractivity contribution in [3.63, 3.8) is 0 Å². The number of phosphoric ester groups is 1. The summed E-state index contributed by atoms with van der Waals surface area (Å²) in [5.74, 6) is -0.920. The molecule has 0 fully saturated rings. The van der Waals surface area contributed by atoms with Crippen molar-refractivity contribution in [1.82, 2.24) is 0 Å². The van der Waals surface area contributed by atoms with E-state index in [0.717, 1.165) is 141 Å². The number of carbonyl (C=O) groups excluding carboxylic acids is 2. The van der Waals surface area contributed by atoms with Crippen LogP contribution in [-0.2, 0) is 32.7 Å². The number of phosphoric acid groups is 1. The van der Waals surface area contributed by atoms with Crippen molar-refractivity contribution in [2.45, 2.75) is 187 Å². The smallest absolute Gasteiger partial charge is 0.462 e. The van der Waals surface area contributed by atoms with Gasteiger partial charge in [-0.15, -0.1) is 0 Å². The van der Waals surface area contributed by atoms with E-state index in [0.29, 0.717) is 12.8 Å². The van der Waals surface area contributed by atoms with Crippen molar-refractivity contribution in [1.29, 1.82) is 0 Å². The molecule has 0 aliphatic rings. The molecule has 10 heteroatoms. The molecule has 0 aromatic carbocycles. The second-order valence-corrected chi connectivity index (χ2v) is 19.1. The molecule has 0 radical (unpaired) electrons. The summed E-state index contributed by atoms with van der Waals surface area (Å²) in [5.41, 5.74) is 5.37. The minimum atomic E-state index is -4.42.